The van der Waals surface area contributed by atoms with Crippen LogP contribution in [0.4, 0.5) is 0 Å². The van der Waals surface area contributed by atoms with Crippen molar-refractivity contribution in [1.82, 2.24) is 14.5 Å². The molecule has 114 valence electrons. The number of fused-ring (bicyclic) bond motifs is 1. The first-order chi connectivity index (χ1) is 10.0. The van der Waals surface area contributed by atoms with Crippen molar-refractivity contribution in [3.8, 4) is 0 Å². The molecule has 0 amide bonds. The predicted octanol–water partition coefficient (Wildman–Crippen LogP) is 4.33. The summed E-state index contributed by atoms with van der Waals surface area (Å²) >= 11 is 12.5. The Hall–Kier alpha value is -0.770. The number of likely N-dealkylation sites (tertiary alicyclic amines) is 1. The molecule has 0 N–H and O–H groups in total. The Morgan fingerprint density at radius 3 is 2.95 bits per heavy atom. The van der Waals surface area contributed by atoms with E-state index in [2.05, 4.69) is 16.5 Å². The minimum Gasteiger partial charge on any atom is -0.326 e. The molecule has 1 fully saturated rings. The third kappa shape index (κ3) is 3.20. The number of alkyl halides is 1. The quantitative estimate of drug-likeness (QED) is 0.783. The molecule has 0 bridgehead atoms. The second-order valence-corrected chi connectivity index (χ2v) is 7.19. The van der Waals surface area contributed by atoms with Crippen molar-refractivity contribution in [1.29, 1.82) is 0 Å². The minimum absolute atomic E-state index is 0.0995. The normalized spacial score (nSPS) is 21.8. The second-order valence-electron chi connectivity index (χ2n) is 6.10. The number of hydrogen-bond acceptors (Lipinski definition) is 2. The van der Waals surface area contributed by atoms with Crippen molar-refractivity contribution in [2.45, 2.75) is 31.7 Å². The van der Waals surface area contributed by atoms with E-state index < -0.39 is 0 Å². The summed E-state index contributed by atoms with van der Waals surface area (Å²) in [6, 6.07) is 5.86. The standard InChI is InChI=1S/C16H21Cl2N3/c1-11(17)16-19-14-6-5-13(18)8-15(14)21(16)10-12-4-3-7-20(2)9-12/h5-6,8,11-12H,3-4,7,9-10H2,1-2H3. The SMILES string of the molecule is CC(Cl)c1nc2ccc(Cl)cc2n1CC1CCCN(C)C1. The molecule has 1 aliphatic rings. The molecule has 0 aliphatic carbocycles. The van der Waals surface area contributed by atoms with Crippen molar-refractivity contribution in [2.75, 3.05) is 20.1 Å². The predicted molar refractivity (Wildman–Crippen MR) is 89.2 cm³/mol. The maximum Gasteiger partial charge on any atom is 0.127 e. The average Bonchev–Trinajstić information content (AvgIpc) is 2.77. The third-order valence-corrected chi connectivity index (χ3v) is 4.69. The second kappa shape index (κ2) is 6.15. The van der Waals surface area contributed by atoms with Crippen LogP contribution in [0.25, 0.3) is 11.0 Å². The largest absolute Gasteiger partial charge is 0.326 e. The van der Waals surface area contributed by atoms with Crippen LogP contribution >= 0.6 is 23.2 Å². The van der Waals surface area contributed by atoms with Gasteiger partial charge in [-0.15, -0.1) is 11.6 Å². The van der Waals surface area contributed by atoms with E-state index in [1.54, 1.807) is 0 Å². The monoisotopic (exact) mass is 325 g/mol. The van der Waals surface area contributed by atoms with Gasteiger partial charge in [0.25, 0.3) is 0 Å². The summed E-state index contributed by atoms with van der Waals surface area (Å²) < 4.78 is 2.27. The summed E-state index contributed by atoms with van der Waals surface area (Å²) in [7, 11) is 2.19. The van der Waals surface area contributed by atoms with Crippen molar-refractivity contribution in [3.05, 3.63) is 29.0 Å². The van der Waals surface area contributed by atoms with Gasteiger partial charge in [-0.05, 0) is 57.5 Å². The Morgan fingerprint density at radius 1 is 1.43 bits per heavy atom. The van der Waals surface area contributed by atoms with Crippen molar-refractivity contribution in [2.24, 2.45) is 5.92 Å². The van der Waals surface area contributed by atoms with E-state index in [1.165, 1.54) is 19.4 Å². The summed E-state index contributed by atoms with van der Waals surface area (Å²) in [5.74, 6) is 1.59. The van der Waals surface area contributed by atoms with Crippen LogP contribution in [-0.4, -0.2) is 34.6 Å². The molecule has 21 heavy (non-hydrogen) atoms. The first-order valence-electron chi connectivity index (χ1n) is 7.53. The zero-order valence-electron chi connectivity index (χ0n) is 12.5. The van der Waals surface area contributed by atoms with Gasteiger partial charge in [0.05, 0.1) is 16.4 Å². The fourth-order valence-corrected chi connectivity index (χ4v) is 3.62. The van der Waals surface area contributed by atoms with Crippen LogP contribution in [0.15, 0.2) is 18.2 Å². The minimum atomic E-state index is -0.0995. The molecule has 1 aromatic carbocycles. The van der Waals surface area contributed by atoms with E-state index >= 15 is 0 Å². The van der Waals surface area contributed by atoms with Gasteiger partial charge in [-0.2, -0.15) is 0 Å². The summed E-state index contributed by atoms with van der Waals surface area (Å²) in [4.78, 5) is 7.10. The molecule has 1 aromatic heterocycles. The molecular formula is C16H21Cl2N3. The summed E-state index contributed by atoms with van der Waals surface area (Å²) in [5.41, 5.74) is 2.07. The Labute approximate surface area is 135 Å². The van der Waals surface area contributed by atoms with Crippen molar-refractivity contribution in [3.63, 3.8) is 0 Å². The first-order valence-corrected chi connectivity index (χ1v) is 8.34. The van der Waals surface area contributed by atoms with Crippen LogP contribution in [0.1, 0.15) is 31.0 Å². The number of nitrogens with zero attached hydrogens (tertiary/aromatic N) is 3. The average molecular weight is 326 g/mol. The molecule has 2 unspecified atom stereocenters. The summed E-state index contributed by atoms with van der Waals surface area (Å²) in [6.07, 6.45) is 2.53. The zero-order valence-corrected chi connectivity index (χ0v) is 14.0. The smallest absolute Gasteiger partial charge is 0.127 e. The topological polar surface area (TPSA) is 21.1 Å². The Morgan fingerprint density at radius 2 is 2.24 bits per heavy atom. The lowest BCUT2D eigenvalue weighted by molar-refractivity contribution is 0.194. The van der Waals surface area contributed by atoms with E-state index in [0.29, 0.717) is 5.92 Å². The van der Waals surface area contributed by atoms with E-state index in [9.17, 15) is 0 Å². The zero-order chi connectivity index (χ0) is 15.0. The molecule has 1 saturated heterocycles. The highest BCUT2D eigenvalue weighted by atomic mass is 35.5. The number of benzene rings is 1. The highest BCUT2D eigenvalue weighted by molar-refractivity contribution is 6.31. The lowest BCUT2D eigenvalue weighted by atomic mass is 9.98. The van der Waals surface area contributed by atoms with E-state index in [1.807, 2.05) is 25.1 Å². The van der Waals surface area contributed by atoms with Gasteiger partial charge in [-0.3, -0.25) is 0 Å². The number of hydrogen-bond donors (Lipinski definition) is 0. The van der Waals surface area contributed by atoms with Crippen molar-refractivity contribution < 1.29 is 0 Å². The van der Waals surface area contributed by atoms with E-state index in [0.717, 1.165) is 35.0 Å². The van der Waals surface area contributed by atoms with Gasteiger partial charge in [-0.25, -0.2) is 4.98 Å². The van der Waals surface area contributed by atoms with Gasteiger partial charge >= 0.3 is 0 Å². The maximum absolute atomic E-state index is 6.34. The number of rotatable bonds is 3. The van der Waals surface area contributed by atoms with Crippen molar-refractivity contribution >= 4 is 34.2 Å². The molecule has 3 nitrogen and oxygen atoms in total. The van der Waals surface area contributed by atoms with Gasteiger partial charge in [0, 0.05) is 18.1 Å². The summed E-state index contributed by atoms with van der Waals surface area (Å²) in [6.45, 7) is 5.28. The lowest BCUT2D eigenvalue weighted by Gasteiger charge is -2.30. The van der Waals surface area contributed by atoms with Gasteiger partial charge in [0.2, 0.25) is 0 Å². The highest BCUT2D eigenvalue weighted by Gasteiger charge is 2.22. The third-order valence-electron chi connectivity index (χ3n) is 4.26. The highest BCUT2D eigenvalue weighted by Crippen LogP contribution is 2.29. The molecule has 2 heterocycles. The van der Waals surface area contributed by atoms with E-state index in [-0.39, 0.29) is 5.38 Å². The molecule has 2 aromatic rings. The summed E-state index contributed by atoms with van der Waals surface area (Å²) in [5, 5.41) is 0.649. The molecule has 0 radical (unpaired) electrons. The number of imidazole rings is 1. The number of aromatic nitrogens is 2. The molecule has 5 heteroatoms. The van der Waals surface area contributed by atoms with Crippen LogP contribution in [0, 0.1) is 5.92 Å². The fourth-order valence-electron chi connectivity index (χ4n) is 3.29. The molecule has 3 rings (SSSR count). The van der Waals surface area contributed by atoms with Crippen LogP contribution < -0.4 is 0 Å². The lowest BCUT2D eigenvalue weighted by Crippen LogP contribution is -2.34. The Balaban J connectivity index is 1.98. The van der Waals surface area contributed by atoms with Crippen LogP contribution in [0.2, 0.25) is 5.02 Å². The van der Waals surface area contributed by atoms with Gasteiger partial charge in [0.1, 0.15) is 5.82 Å². The Kier molecular flexibility index (Phi) is 4.43. The van der Waals surface area contributed by atoms with Crippen LogP contribution in [-0.2, 0) is 6.54 Å². The van der Waals surface area contributed by atoms with Gasteiger partial charge in [0.15, 0.2) is 0 Å². The fraction of sp³-hybridized carbons (Fsp3) is 0.562. The molecular weight excluding hydrogens is 305 g/mol. The van der Waals surface area contributed by atoms with Gasteiger partial charge < -0.3 is 9.47 Å². The number of halogens is 2. The molecule has 2 atom stereocenters. The van der Waals surface area contributed by atoms with Crippen LogP contribution in [0.5, 0.6) is 0 Å². The number of piperidine rings is 1. The molecule has 1 aliphatic heterocycles. The van der Waals surface area contributed by atoms with E-state index in [4.69, 9.17) is 28.2 Å². The van der Waals surface area contributed by atoms with Crippen LogP contribution in [0.3, 0.4) is 0 Å². The molecule has 0 saturated carbocycles. The Bertz CT molecular complexity index is 636. The molecule has 0 spiro atoms. The van der Waals surface area contributed by atoms with Gasteiger partial charge in [-0.1, -0.05) is 11.6 Å². The maximum atomic E-state index is 6.34. The first kappa shape index (κ1) is 15.1.